The number of carbonyl (C=O) groups is 1. The third-order valence-electron chi connectivity index (χ3n) is 8.07. The smallest absolute Gasteiger partial charge is 0.251 e. The molecular weight excluding hydrogens is 492 g/mol. The maximum Gasteiger partial charge on any atom is 0.251 e. The number of nitrogens with one attached hydrogen (secondary N) is 2. The van der Waals surface area contributed by atoms with Crippen molar-refractivity contribution in [1.29, 1.82) is 0 Å². The first kappa shape index (κ1) is 27.1. The predicted molar refractivity (Wildman–Crippen MR) is 159 cm³/mol. The minimum Gasteiger partial charge on any atom is -0.390 e. The molecule has 1 aliphatic carbocycles. The third-order valence-corrected chi connectivity index (χ3v) is 9.02. The van der Waals surface area contributed by atoms with Crippen molar-refractivity contribution in [2.45, 2.75) is 83.0 Å². The van der Waals surface area contributed by atoms with Crippen LogP contribution in [0.1, 0.15) is 66.9 Å². The molecule has 0 spiro atoms. The number of aryl methyl sites for hydroxylation is 2. The summed E-state index contributed by atoms with van der Waals surface area (Å²) < 4.78 is 4.55. The van der Waals surface area contributed by atoms with E-state index in [1.54, 1.807) is 11.9 Å². The summed E-state index contributed by atoms with van der Waals surface area (Å²) >= 11 is 1.79. The minimum absolute atomic E-state index is 0.126. The van der Waals surface area contributed by atoms with Gasteiger partial charge in [0.05, 0.1) is 23.3 Å². The lowest BCUT2D eigenvalue weighted by atomic mass is 9.94. The summed E-state index contributed by atoms with van der Waals surface area (Å²) in [4.78, 5) is 13.8. The molecule has 2 heterocycles. The van der Waals surface area contributed by atoms with E-state index in [4.69, 9.17) is 0 Å². The molecule has 204 valence electrons. The van der Waals surface area contributed by atoms with E-state index in [9.17, 15) is 9.90 Å². The second-order valence-electron chi connectivity index (χ2n) is 10.9. The van der Waals surface area contributed by atoms with Crippen molar-refractivity contribution < 1.29 is 9.90 Å². The average Bonchev–Trinajstić information content (AvgIpc) is 3.20. The lowest BCUT2D eigenvalue weighted by Crippen LogP contribution is -2.50. The van der Waals surface area contributed by atoms with Gasteiger partial charge in [0.2, 0.25) is 0 Å². The van der Waals surface area contributed by atoms with Crippen LogP contribution in [0.4, 0.5) is 5.69 Å². The summed E-state index contributed by atoms with van der Waals surface area (Å²) in [6.07, 6.45) is 10.4. The molecule has 38 heavy (non-hydrogen) atoms. The second kappa shape index (κ2) is 12.6. The molecule has 3 N–H and O–H groups in total. The molecule has 1 fully saturated rings. The van der Waals surface area contributed by atoms with Crippen molar-refractivity contribution in [3.8, 4) is 0 Å². The fourth-order valence-corrected chi connectivity index (χ4v) is 6.82. The molecule has 3 aromatic rings. The van der Waals surface area contributed by atoms with Crippen LogP contribution in [-0.2, 0) is 19.4 Å². The molecule has 0 saturated heterocycles. The van der Waals surface area contributed by atoms with Gasteiger partial charge in [-0.25, -0.2) is 0 Å². The van der Waals surface area contributed by atoms with Gasteiger partial charge < -0.3 is 24.6 Å². The van der Waals surface area contributed by atoms with E-state index in [2.05, 4.69) is 57.9 Å². The van der Waals surface area contributed by atoms with Crippen molar-refractivity contribution in [2.24, 2.45) is 0 Å². The average molecular weight is 535 g/mol. The van der Waals surface area contributed by atoms with E-state index in [-0.39, 0.29) is 11.9 Å². The van der Waals surface area contributed by atoms with E-state index in [1.165, 1.54) is 35.7 Å². The van der Waals surface area contributed by atoms with Crippen molar-refractivity contribution in [3.63, 3.8) is 0 Å². The Morgan fingerprint density at radius 1 is 1.16 bits per heavy atom. The molecular formula is C31H42N4O2S. The molecule has 6 nitrogen and oxygen atoms in total. The lowest BCUT2D eigenvalue weighted by Gasteiger charge is -2.28. The summed E-state index contributed by atoms with van der Waals surface area (Å²) in [5.41, 5.74) is 5.36. The number of anilines is 1. The summed E-state index contributed by atoms with van der Waals surface area (Å²) in [5.74, 6) is 0.875. The topological polar surface area (TPSA) is 69.5 Å². The fraction of sp³-hybridized carbons (Fsp3) is 0.516. The zero-order valence-electron chi connectivity index (χ0n) is 22.8. The number of carbonyl (C=O) groups excluding carboxylic acids is 1. The van der Waals surface area contributed by atoms with Crippen LogP contribution in [0.5, 0.6) is 0 Å². The zero-order valence-corrected chi connectivity index (χ0v) is 23.6. The van der Waals surface area contributed by atoms with E-state index >= 15 is 0 Å². The van der Waals surface area contributed by atoms with Crippen molar-refractivity contribution in [3.05, 3.63) is 65.4 Å². The number of aliphatic hydroxyl groups is 1. The van der Waals surface area contributed by atoms with E-state index in [0.717, 1.165) is 49.2 Å². The molecule has 1 amide bonds. The predicted octanol–water partition coefficient (Wildman–Crippen LogP) is 5.32. The number of hydrogen-bond donors (Lipinski definition) is 3. The van der Waals surface area contributed by atoms with Gasteiger partial charge >= 0.3 is 0 Å². The molecule has 1 aromatic heterocycles. The fourth-order valence-electron chi connectivity index (χ4n) is 5.99. The van der Waals surface area contributed by atoms with Crippen molar-refractivity contribution >= 4 is 34.4 Å². The van der Waals surface area contributed by atoms with Gasteiger partial charge in [0, 0.05) is 49.1 Å². The summed E-state index contributed by atoms with van der Waals surface area (Å²) in [6, 6.07) is 14.3. The van der Waals surface area contributed by atoms with Gasteiger partial charge in [0.15, 0.2) is 0 Å². The minimum atomic E-state index is -0.679. The van der Waals surface area contributed by atoms with Gasteiger partial charge in [0.1, 0.15) is 0 Å². The lowest BCUT2D eigenvalue weighted by molar-refractivity contribution is 0.0821. The van der Waals surface area contributed by atoms with Crippen LogP contribution in [0, 0.1) is 0 Å². The summed E-state index contributed by atoms with van der Waals surface area (Å²) in [6.45, 7) is 3.65. The Morgan fingerprint density at radius 3 is 2.71 bits per heavy atom. The number of hydrogen-bond acceptors (Lipinski definition) is 5. The third kappa shape index (κ3) is 6.22. The monoisotopic (exact) mass is 534 g/mol. The van der Waals surface area contributed by atoms with Gasteiger partial charge in [-0.05, 0) is 60.9 Å². The Kier molecular flexibility index (Phi) is 8.97. The standard InChI is InChI=1S/C31H42N4O2S/c1-3-10-23-21-35-15-16-38-34(2)28-19-24(18-26(23)30(28)35)31(37)33-27(17-22-11-6-4-7-12-22)29(36)20-32-25-13-8-5-9-14-25/h4,6-7,11-12,18-19,21,25,27,29,32,36H,3,5,8-10,13-17,20H2,1-2H3,(H,33,37)/t27-,29+/m0/s1. The van der Waals surface area contributed by atoms with Gasteiger partial charge in [-0.1, -0.05) is 62.9 Å². The molecule has 2 aromatic carbocycles. The van der Waals surface area contributed by atoms with Crippen LogP contribution in [0.15, 0.2) is 48.7 Å². The Morgan fingerprint density at radius 2 is 1.95 bits per heavy atom. The maximum atomic E-state index is 13.8. The Balaban J connectivity index is 1.40. The molecule has 0 unspecified atom stereocenters. The number of amides is 1. The SMILES string of the molecule is CCCc1cn2c3c(cc(C(=O)N[C@@H](Cc4ccccc4)[C@H](O)CNC4CCCCC4)cc13)N(C)SCC2. The summed E-state index contributed by atoms with van der Waals surface area (Å²) in [5, 5.41) is 19.3. The van der Waals surface area contributed by atoms with Gasteiger partial charge in [-0.15, -0.1) is 0 Å². The first-order chi connectivity index (χ1) is 18.5. The highest BCUT2D eigenvalue weighted by Gasteiger charge is 2.26. The molecule has 1 saturated carbocycles. The van der Waals surface area contributed by atoms with Crippen LogP contribution in [-0.4, -0.2) is 53.1 Å². The Bertz CT molecular complexity index is 1220. The number of benzene rings is 2. The van der Waals surface area contributed by atoms with Crippen LogP contribution in [0.25, 0.3) is 10.9 Å². The highest BCUT2D eigenvalue weighted by atomic mass is 32.2. The quantitative estimate of drug-likeness (QED) is 0.307. The normalized spacial score (nSPS) is 17.8. The van der Waals surface area contributed by atoms with E-state index in [0.29, 0.717) is 24.6 Å². The highest BCUT2D eigenvalue weighted by Crippen LogP contribution is 2.37. The maximum absolute atomic E-state index is 13.8. The summed E-state index contributed by atoms with van der Waals surface area (Å²) in [7, 11) is 2.09. The molecule has 5 rings (SSSR count). The van der Waals surface area contributed by atoms with Gasteiger partial charge in [0.25, 0.3) is 5.91 Å². The first-order valence-corrected chi connectivity index (χ1v) is 15.3. The van der Waals surface area contributed by atoms with E-state index in [1.807, 2.05) is 24.3 Å². The number of nitrogens with zero attached hydrogens (tertiary/aromatic N) is 2. The first-order valence-electron chi connectivity index (χ1n) is 14.3. The van der Waals surface area contributed by atoms with E-state index < -0.39 is 6.10 Å². The Hall–Kier alpha value is -2.48. The molecule has 2 aliphatic rings. The molecule has 1 aliphatic heterocycles. The second-order valence-corrected chi connectivity index (χ2v) is 12.1. The van der Waals surface area contributed by atoms with Gasteiger partial charge in [-0.3, -0.25) is 4.79 Å². The molecule has 0 radical (unpaired) electrons. The van der Waals surface area contributed by atoms with Crippen LogP contribution < -0.4 is 14.9 Å². The number of aromatic nitrogens is 1. The Labute approximate surface area is 231 Å². The molecule has 2 atom stereocenters. The zero-order chi connectivity index (χ0) is 26.5. The van der Waals surface area contributed by atoms with Crippen LogP contribution in [0.3, 0.4) is 0 Å². The van der Waals surface area contributed by atoms with Crippen molar-refractivity contribution in [2.75, 3.05) is 23.7 Å². The van der Waals surface area contributed by atoms with Crippen LogP contribution >= 0.6 is 11.9 Å². The highest BCUT2D eigenvalue weighted by molar-refractivity contribution is 8.00. The van der Waals surface area contributed by atoms with Gasteiger partial charge in [-0.2, -0.15) is 0 Å². The number of rotatable bonds is 10. The van der Waals surface area contributed by atoms with Crippen LogP contribution in [0.2, 0.25) is 0 Å². The molecule has 0 bridgehead atoms. The van der Waals surface area contributed by atoms with Crippen molar-refractivity contribution in [1.82, 2.24) is 15.2 Å². The number of aliphatic hydroxyl groups excluding tert-OH is 1. The largest absolute Gasteiger partial charge is 0.390 e. The molecule has 7 heteroatoms.